The Morgan fingerprint density at radius 1 is 1.23 bits per heavy atom. The topological polar surface area (TPSA) is 89.2 Å². The van der Waals surface area contributed by atoms with Crippen LogP contribution < -0.4 is 9.80 Å². The first-order valence-electron chi connectivity index (χ1n) is 6.92. The zero-order chi connectivity index (χ0) is 16.9. The molecule has 1 rings (SSSR count). The van der Waals surface area contributed by atoms with Gasteiger partial charge in [-0.1, -0.05) is 0 Å². The van der Waals surface area contributed by atoms with Gasteiger partial charge in [-0.05, 0) is 32.4 Å². The number of aromatic nitrogens is 3. The van der Waals surface area contributed by atoms with Crippen LogP contribution in [0.3, 0.4) is 0 Å². The van der Waals surface area contributed by atoms with E-state index in [-0.39, 0.29) is 17.1 Å². The minimum atomic E-state index is -0.724. The Morgan fingerprint density at radius 2 is 1.77 bits per heavy atom. The minimum absolute atomic E-state index is 0.0311. The molecule has 0 aliphatic heterocycles. The maximum Gasteiger partial charge on any atom is 0.246 e. The normalized spacial score (nSPS) is 11.5. The van der Waals surface area contributed by atoms with E-state index in [9.17, 15) is 10.1 Å². The molecular formula is C13H20ClN7O. The molecule has 0 aliphatic carbocycles. The Morgan fingerprint density at radius 3 is 2.23 bits per heavy atom. The fourth-order valence-corrected chi connectivity index (χ4v) is 2.00. The van der Waals surface area contributed by atoms with E-state index in [4.69, 9.17) is 11.6 Å². The molecule has 9 heteroatoms. The van der Waals surface area contributed by atoms with Crippen LogP contribution in [0, 0.1) is 11.5 Å². The lowest BCUT2D eigenvalue weighted by atomic mass is 10.2. The molecule has 120 valence electrons. The monoisotopic (exact) mass is 325 g/mol. The summed E-state index contributed by atoms with van der Waals surface area (Å²) in [6.07, 6.45) is 1.95. The van der Waals surface area contributed by atoms with Gasteiger partial charge in [0.1, 0.15) is 6.04 Å². The molecule has 22 heavy (non-hydrogen) atoms. The van der Waals surface area contributed by atoms with Crippen molar-refractivity contribution < 1.29 is 4.79 Å². The summed E-state index contributed by atoms with van der Waals surface area (Å²) in [4.78, 5) is 28.9. The van der Waals surface area contributed by atoms with E-state index in [1.165, 1.54) is 0 Å². The molecule has 0 unspecified atom stereocenters. The summed E-state index contributed by atoms with van der Waals surface area (Å²) in [7, 11) is 3.49. The van der Waals surface area contributed by atoms with Crippen molar-refractivity contribution in [2.45, 2.75) is 26.8 Å². The number of carbonyl (C=O) groups excluding carboxylic acids is 1. The van der Waals surface area contributed by atoms with Crippen LogP contribution in [0.2, 0.25) is 5.28 Å². The van der Waals surface area contributed by atoms with Crippen molar-refractivity contribution >= 4 is 29.4 Å². The fourth-order valence-electron chi connectivity index (χ4n) is 1.85. The molecule has 0 saturated carbocycles. The van der Waals surface area contributed by atoms with Crippen molar-refractivity contribution in [2.75, 3.05) is 37.0 Å². The van der Waals surface area contributed by atoms with E-state index in [0.29, 0.717) is 19.0 Å². The second-order valence-electron chi connectivity index (χ2n) is 4.76. The molecule has 0 N–H and O–H groups in total. The molecule has 1 aromatic heterocycles. The van der Waals surface area contributed by atoms with E-state index >= 15 is 0 Å². The maximum absolute atomic E-state index is 12.4. The number of amides is 1. The number of nitriles is 1. The molecule has 0 bridgehead atoms. The molecule has 0 saturated heterocycles. The highest BCUT2D eigenvalue weighted by molar-refractivity contribution is 6.28. The van der Waals surface area contributed by atoms with Crippen molar-refractivity contribution in [3.63, 3.8) is 0 Å². The Balaban J connectivity index is 3.16. The van der Waals surface area contributed by atoms with Gasteiger partial charge in [-0.3, -0.25) is 4.79 Å². The first kappa shape index (κ1) is 17.9. The van der Waals surface area contributed by atoms with E-state index in [2.05, 4.69) is 15.0 Å². The molecular weight excluding hydrogens is 306 g/mol. The van der Waals surface area contributed by atoms with Crippen LogP contribution in [-0.2, 0) is 4.79 Å². The van der Waals surface area contributed by atoms with Gasteiger partial charge in [-0.15, -0.1) is 0 Å². The van der Waals surface area contributed by atoms with Crippen molar-refractivity contribution in [3.8, 4) is 6.19 Å². The predicted molar refractivity (Wildman–Crippen MR) is 84.6 cm³/mol. The van der Waals surface area contributed by atoms with Crippen molar-refractivity contribution in [1.29, 1.82) is 5.26 Å². The van der Waals surface area contributed by atoms with E-state index < -0.39 is 6.04 Å². The van der Waals surface area contributed by atoms with Crippen LogP contribution >= 0.6 is 11.6 Å². The molecule has 0 aromatic carbocycles. The largest absolute Gasteiger partial charge is 0.347 e. The molecule has 1 atom stereocenters. The van der Waals surface area contributed by atoms with Gasteiger partial charge in [0.05, 0.1) is 0 Å². The third-order valence-electron chi connectivity index (χ3n) is 3.13. The summed E-state index contributed by atoms with van der Waals surface area (Å²) in [6, 6.07) is -0.724. The number of nitrogens with zero attached hydrogens (tertiary/aromatic N) is 7. The number of hydrogen-bond acceptors (Lipinski definition) is 7. The van der Waals surface area contributed by atoms with Gasteiger partial charge >= 0.3 is 0 Å². The predicted octanol–water partition coefficient (Wildman–Crippen LogP) is 1.14. The standard InChI is InChI=1S/C13H20ClN7O/c1-6-20(7-2)10(22)9(3)21(8-15)13-17-11(14)16-12(18-13)19(4)5/h9H,6-7H2,1-5H3/t9-/m0/s1. The highest BCUT2D eigenvalue weighted by Crippen LogP contribution is 2.17. The van der Waals surface area contributed by atoms with Crippen molar-refractivity contribution in [1.82, 2.24) is 19.9 Å². The summed E-state index contributed by atoms with van der Waals surface area (Å²) >= 11 is 5.88. The molecule has 0 radical (unpaired) electrons. The summed E-state index contributed by atoms with van der Waals surface area (Å²) in [6.45, 7) is 6.54. The summed E-state index contributed by atoms with van der Waals surface area (Å²) in [5.74, 6) is 0.200. The molecule has 0 spiro atoms. The number of likely N-dealkylation sites (N-methyl/N-ethyl adjacent to an activating group) is 1. The van der Waals surface area contributed by atoms with E-state index in [0.717, 1.165) is 4.90 Å². The van der Waals surface area contributed by atoms with Gasteiger partial charge in [0.15, 0.2) is 6.19 Å². The number of hydrogen-bond donors (Lipinski definition) is 0. The number of anilines is 2. The maximum atomic E-state index is 12.4. The molecule has 0 fully saturated rings. The second kappa shape index (κ2) is 7.75. The molecule has 1 aromatic rings. The van der Waals surface area contributed by atoms with Gasteiger partial charge < -0.3 is 9.80 Å². The van der Waals surface area contributed by atoms with Crippen LogP contribution in [0.25, 0.3) is 0 Å². The quantitative estimate of drug-likeness (QED) is 0.572. The zero-order valence-corrected chi connectivity index (χ0v) is 14.2. The second-order valence-corrected chi connectivity index (χ2v) is 5.09. The SMILES string of the molecule is CCN(CC)C(=O)[C@H](C)N(C#N)c1nc(Cl)nc(N(C)C)n1. The van der Waals surface area contributed by atoms with Crippen LogP contribution in [0.1, 0.15) is 20.8 Å². The minimum Gasteiger partial charge on any atom is -0.347 e. The number of carbonyl (C=O) groups is 1. The van der Waals surface area contributed by atoms with Gasteiger partial charge in [-0.25, -0.2) is 4.90 Å². The first-order chi connectivity index (χ1) is 10.3. The Hall–Kier alpha value is -2.14. The summed E-state index contributed by atoms with van der Waals surface area (Å²) in [5, 5.41) is 9.36. The number of halogens is 1. The third kappa shape index (κ3) is 3.95. The van der Waals surface area contributed by atoms with Crippen LogP contribution in [0.5, 0.6) is 0 Å². The lowest BCUT2D eigenvalue weighted by Crippen LogP contribution is -2.46. The van der Waals surface area contributed by atoms with E-state index in [1.807, 2.05) is 20.0 Å². The highest BCUT2D eigenvalue weighted by Gasteiger charge is 2.27. The lowest BCUT2D eigenvalue weighted by Gasteiger charge is -2.27. The van der Waals surface area contributed by atoms with Crippen molar-refractivity contribution in [2.24, 2.45) is 0 Å². The zero-order valence-electron chi connectivity index (χ0n) is 13.4. The average molecular weight is 326 g/mol. The fraction of sp³-hybridized carbons (Fsp3) is 0.615. The lowest BCUT2D eigenvalue weighted by molar-refractivity contribution is -0.131. The van der Waals surface area contributed by atoms with E-state index in [1.54, 1.807) is 30.8 Å². The molecule has 0 aliphatic rings. The smallest absolute Gasteiger partial charge is 0.246 e. The molecule has 1 heterocycles. The van der Waals surface area contributed by atoms with Gasteiger partial charge in [0.25, 0.3) is 0 Å². The Labute approximate surface area is 135 Å². The third-order valence-corrected chi connectivity index (χ3v) is 3.30. The number of rotatable bonds is 6. The molecule has 1 amide bonds. The highest BCUT2D eigenvalue weighted by atomic mass is 35.5. The first-order valence-corrected chi connectivity index (χ1v) is 7.30. The Kier molecular flexibility index (Phi) is 6.31. The average Bonchev–Trinajstić information content (AvgIpc) is 2.48. The van der Waals surface area contributed by atoms with Crippen LogP contribution in [-0.4, -0.2) is 59.0 Å². The van der Waals surface area contributed by atoms with Gasteiger partial charge in [0.2, 0.25) is 23.1 Å². The molecule has 8 nitrogen and oxygen atoms in total. The summed E-state index contributed by atoms with van der Waals surface area (Å²) < 4.78 is 0. The van der Waals surface area contributed by atoms with Gasteiger partial charge in [0, 0.05) is 27.2 Å². The van der Waals surface area contributed by atoms with Crippen LogP contribution in [0.4, 0.5) is 11.9 Å². The van der Waals surface area contributed by atoms with Crippen molar-refractivity contribution in [3.05, 3.63) is 5.28 Å². The summed E-state index contributed by atoms with van der Waals surface area (Å²) in [5.41, 5.74) is 0. The van der Waals surface area contributed by atoms with Gasteiger partial charge in [-0.2, -0.15) is 20.2 Å². The Bertz CT molecular complexity index is 568. The van der Waals surface area contributed by atoms with Crippen LogP contribution in [0.15, 0.2) is 0 Å².